The lowest BCUT2D eigenvalue weighted by molar-refractivity contribution is -0.137. The molecule has 7 nitrogen and oxygen atoms in total. The van der Waals surface area contributed by atoms with E-state index in [0.717, 1.165) is 23.5 Å². The summed E-state index contributed by atoms with van der Waals surface area (Å²) < 4.78 is 38.5. The number of benzene rings is 1. The van der Waals surface area contributed by atoms with Crippen LogP contribution in [0, 0.1) is 0 Å². The van der Waals surface area contributed by atoms with Crippen molar-refractivity contribution < 1.29 is 22.8 Å². The van der Waals surface area contributed by atoms with E-state index in [4.69, 9.17) is 0 Å². The summed E-state index contributed by atoms with van der Waals surface area (Å²) in [5, 5.41) is 2.29. The van der Waals surface area contributed by atoms with Gasteiger partial charge in [-0.25, -0.2) is 9.79 Å². The van der Waals surface area contributed by atoms with Crippen molar-refractivity contribution >= 4 is 23.6 Å². The van der Waals surface area contributed by atoms with Crippen LogP contribution in [0.25, 0.3) is 0 Å². The van der Waals surface area contributed by atoms with Crippen molar-refractivity contribution in [3.8, 4) is 0 Å². The number of urea groups is 1. The fraction of sp³-hybridized carbons (Fsp3) is 0.353. The maximum atomic E-state index is 12.8. The number of anilines is 1. The number of nitrogens with zero attached hydrogens (tertiary/aromatic N) is 4. The second-order valence-corrected chi connectivity index (χ2v) is 6.61. The summed E-state index contributed by atoms with van der Waals surface area (Å²) in [6.07, 6.45) is -5.11. The minimum Gasteiger partial charge on any atom is -0.303 e. The lowest BCUT2D eigenvalue weighted by atomic mass is 10.1. The van der Waals surface area contributed by atoms with Crippen LogP contribution in [0.1, 0.15) is 19.4 Å². The third kappa shape index (κ3) is 2.39. The third-order valence-corrected chi connectivity index (χ3v) is 5.11. The molecule has 10 heteroatoms. The summed E-state index contributed by atoms with van der Waals surface area (Å²) in [6, 6.07) is 3.49. The number of hydrogen-bond acceptors (Lipinski definition) is 5. The van der Waals surface area contributed by atoms with Crippen LogP contribution < -0.4 is 10.2 Å². The summed E-state index contributed by atoms with van der Waals surface area (Å²) in [4.78, 5) is 33.5. The minimum atomic E-state index is -4.42. The quantitative estimate of drug-likeness (QED) is 0.813. The summed E-state index contributed by atoms with van der Waals surface area (Å²) in [7, 11) is 1.54. The molecule has 0 aliphatic carbocycles. The van der Waals surface area contributed by atoms with Gasteiger partial charge in [-0.05, 0) is 38.1 Å². The average Bonchev–Trinajstić information content (AvgIpc) is 3.09. The molecule has 4 rings (SSSR count). The molecule has 1 aromatic rings. The topological polar surface area (TPSA) is 68.2 Å². The second kappa shape index (κ2) is 5.48. The van der Waals surface area contributed by atoms with Gasteiger partial charge in [-0.1, -0.05) is 0 Å². The number of carbonyl (C=O) groups excluding carboxylic acids is 2. The van der Waals surface area contributed by atoms with Gasteiger partial charge in [0, 0.05) is 24.1 Å². The minimum absolute atomic E-state index is 0.413. The molecular weight excluding hydrogens is 363 g/mol. The van der Waals surface area contributed by atoms with E-state index in [0.29, 0.717) is 11.6 Å². The third-order valence-electron chi connectivity index (χ3n) is 5.11. The number of nitrogens with one attached hydrogen (secondary N) is 1. The summed E-state index contributed by atoms with van der Waals surface area (Å²) in [6.45, 7) is 3.61. The van der Waals surface area contributed by atoms with Crippen LogP contribution in [0.5, 0.6) is 0 Å². The highest BCUT2D eigenvalue weighted by Gasteiger charge is 2.53. The van der Waals surface area contributed by atoms with Crippen LogP contribution >= 0.6 is 0 Å². The number of aliphatic imine (C=N–C) groups is 1. The molecule has 2 unspecified atom stereocenters. The van der Waals surface area contributed by atoms with Crippen LogP contribution in [-0.4, -0.2) is 47.0 Å². The van der Waals surface area contributed by atoms with E-state index in [2.05, 4.69) is 10.3 Å². The zero-order valence-electron chi connectivity index (χ0n) is 14.7. The number of carbonyl (C=O) groups is 2. The highest BCUT2D eigenvalue weighted by Crippen LogP contribution is 2.39. The first-order chi connectivity index (χ1) is 12.6. The standard InChI is InChI=1S/C17H16F3N5O2/c1-8-9(2)25-12-13(23(3)16(27)22-14(12)26)21-15(25)24(8)11-6-4-10(5-7-11)17(18,19)20/h4-7,12-13H,1-3H3,(H,22,26,27). The molecule has 3 heterocycles. The molecule has 27 heavy (non-hydrogen) atoms. The van der Waals surface area contributed by atoms with Crippen molar-refractivity contribution in [1.29, 1.82) is 0 Å². The zero-order chi connectivity index (χ0) is 19.7. The smallest absolute Gasteiger partial charge is 0.303 e. The molecule has 2 atom stereocenters. The predicted octanol–water partition coefficient (Wildman–Crippen LogP) is 2.32. The molecule has 3 aliphatic heterocycles. The largest absolute Gasteiger partial charge is 0.416 e. The van der Waals surface area contributed by atoms with E-state index >= 15 is 0 Å². The summed E-state index contributed by atoms with van der Waals surface area (Å²) >= 11 is 0. The maximum absolute atomic E-state index is 12.8. The van der Waals surface area contributed by atoms with Crippen LogP contribution in [0.2, 0.25) is 0 Å². The molecule has 1 fully saturated rings. The zero-order valence-corrected chi connectivity index (χ0v) is 14.7. The second-order valence-electron chi connectivity index (χ2n) is 6.61. The van der Waals surface area contributed by atoms with Crippen LogP contribution in [0.4, 0.5) is 23.7 Å². The number of imide groups is 1. The first-order valence-corrected chi connectivity index (χ1v) is 8.21. The van der Waals surface area contributed by atoms with Crippen LogP contribution in [-0.2, 0) is 11.0 Å². The number of guanidine groups is 1. The normalized spacial score (nSPS) is 25.0. The molecule has 0 spiro atoms. The fourth-order valence-corrected chi connectivity index (χ4v) is 3.57. The van der Waals surface area contributed by atoms with E-state index in [1.807, 2.05) is 0 Å². The van der Waals surface area contributed by atoms with Gasteiger partial charge < -0.3 is 4.90 Å². The molecule has 1 N–H and O–H groups in total. The highest BCUT2D eigenvalue weighted by atomic mass is 19.4. The van der Waals surface area contributed by atoms with E-state index in [1.165, 1.54) is 17.0 Å². The van der Waals surface area contributed by atoms with Gasteiger partial charge in [0.15, 0.2) is 12.2 Å². The van der Waals surface area contributed by atoms with Crippen molar-refractivity contribution in [1.82, 2.24) is 15.1 Å². The molecular formula is C17H16F3N5O2. The van der Waals surface area contributed by atoms with Crippen molar-refractivity contribution in [3.63, 3.8) is 0 Å². The molecule has 0 aromatic heterocycles. The Hall–Kier alpha value is -3.04. The maximum Gasteiger partial charge on any atom is 0.416 e. The Labute approximate surface area is 152 Å². The Bertz CT molecular complexity index is 906. The Balaban J connectivity index is 1.75. The Kier molecular flexibility index (Phi) is 3.53. The van der Waals surface area contributed by atoms with Gasteiger partial charge in [0.05, 0.1) is 5.56 Å². The Morgan fingerprint density at radius 1 is 1.07 bits per heavy atom. The molecule has 1 aromatic carbocycles. The molecule has 0 bridgehead atoms. The molecule has 3 amide bonds. The van der Waals surface area contributed by atoms with Crippen LogP contribution in [0.15, 0.2) is 40.7 Å². The van der Waals surface area contributed by atoms with Gasteiger partial charge in [-0.2, -0.15) is 13.2 Å². The lowest BCUT2D eigenvalue weighted by Crippen LogP contribution is -2.63. The van der Waals surface area contributed by atoms with Gasteiger partial charge in [0.2, 0.25) is 5.96 Å². The summed E-state index contributed by atoms with van der Waals surface area (Å²) in [5.41, 5.74) is 1.25. The first-order valence-electron chi connectivity index (χ1n) is 8.21. The predicted molar refractivity (Wildman–Crippen MR) is 90.4 cm³/mol. The molecule has 3 aliphatic rings. The number of hydrogen-bond donors (Lipinski definition) is 1. The van der Waals surface area contributed by atoms with E-state index in [-0.39, 0.29) is 0 Å². The number of amides is 3. The molecule has 1 saturated heterocycles. The van der Waals surface area contributed by atoms with Gasteiger partial charge in [-0.15, -0.1) is 0 Å². The van der Waals surface area contributed by atoms with Gasteiger partial charge in [0.25, 0.3) is 5.91 Å². The summed E-state index contributed by atoms with van der Waals surface area (Å²) in [5.74, 6) is -0.0419. The number of halogens is 3. The number of likely N-dealkylation sites (N-methyl/N-ethyl adjacent to an activating group) is 1. The number of fused-ring (bicyclic) bond motifs is 3. The molecule has 142 valence electrons. The highest BCUT2D eigenvalue weighted by molar-refractivity contribution is 6.10. The van der Waals surface area contributed by atoms with E-state index < -0.39 is 35.9 Å². The van der Waals surface area contributed by atoms with Gasteiger partial charge in [0.1, 0.15) is 0 Å². The van der Waals surface area contributed by atoms with E-state index in [1.54, 1.807) is 30.7 Å². The fourth-order valence-electron chi connectivity index (χ4n) is 3.57. The van der Waals surface area contributed by atoms with Crippen molar-refractivity contribution in [2.75, 3.05) is 11.9 Å². The van der Waals surface area contributed by atoms with Gasteiger partial charge in [-0.3, -0.25) is 19.9 Å². The first kappa shape index (κ1) is 17.4. The van der Waals surface area contributed by atoms with Crippen molar-refractivity contribution in [2.24, 2.45) is 4.99 Å². The lowest BCUT2D eigenvalue weighted by Gasteiger charge is -2.35. The average molecular weight is 379 g/mol. The number of allylic oxidation sites excluding steroid dienone is 2. The van der Waals surface area contributed by atoms with Gasteiger partial charge >= 0.3 is 12.2 Å². The Morgan fingerprint density at radius 3 is 2.30 bits per heavy atom. The van der Waals surface area contributed by atoms with Crippen molar-refractivity contribution in [3.05, 3.63) is 41.2 Å². The molecule has 0 radical (unpaired) electrons. The number of alkyl halides is 3. The molecule has 0 saturated carbocycles. The SMILES string of the molecule is CC1=C(C)N2C(=NC3C2C(=O)NC(=O)N3C)N1c1ccc(C(F)(F)F)cc1. The monoisotopic (exact) mass is 379 g/mol. The van der Waals surface area contributed by atoms with Crippen LogP contribution in [0.3, 0.4) is 0 Å². The number of rotatable bonds is 1. The van der Waals surface area contributed by atoms with E-state index in [9.17, 15) is 22.8 Å². The van der Waals surface area contributed by atoms with Crippen molar-refractivity contribution in [2.45, 2.75) is 32.2 Å². The Morgan fingerprint density at radius 2 is 1.70 bits per heavy atom.